The van der Waals surface area contributed by atoms with E-state index in [1.54, 1.807) is 38.3 Å². The molecule has 2 bridgehead atoms. The maximum absolute atomic E-state index is 12.9. The van der Waals surface area contributed by atoms with Crippen LogP contribution in [0, 0.1) is 17.8 Å². The van der Waals surface area contributed by atoms with E-state index >= 15 is 0 Å². The first kappa shape index (κ1) is 23.8. The fraction of sp³-hybridized carbons (Fsp3) is 0.520. The number of urea groups is 1. The molecule has 0 saturated heterocycles. The minimum atomic E-state index is -0.779. The SMILES string of the molecule is CCOC(=O)C1=C(COC(=O)C2CC3CCCC(C2)C3=O)NC(=O)NC1c1ccc(OC)cc1. The van der Waals surface area contributed by atoms with Gasteiger partial charge >= 0.3 is 18.0 Å². The van der Waals surface area contributed by atoms with Gasteiger partial charge in [0.2, 0.25) is 0 Å². The van der Waals surface area contributed by atoms with Gasteiger partial charge in [-0.15, -0.1) is 0 Å². The number of fused-ring (bicyclic) bond motifs is 2. The number of esters is 2. The molecular weight excluding hydrogens is 440 g/mol. The summed E-state index contributed by atoms with van der Waals surface area (Å²) < 4.78 is 16.0. The Morgan fingerprint density at radius 1 is 1.03 bits per heavy atom. The molecule has 9 nitrogen and oxygen atoms in total. The van der Waals surface area contributed by atoms with Gasteiger partial charge in [0.1, 0.15) is 18.1 Å². The van der Waals surface area contributed by atoms with Crippen LogP contribution in [-0.2, 0) is 23.9 Å². The maximum atomic E-state index is 12.9. The van der Waals surface area contributed by atoms with Gasteiger partial charge in [0, 0.05) is 11.8 Å². The summed E-state index contributed by atoms with van der Waals surface area (Å²) in [5.74, 6) is -0.607. The molecule has 1 heterocycles. The Morgan fingerprint density at radius 2 is 1.71 bits per heavy atom. The number of carbonyl (C=O) groups is 4. The van der Waals surface area contributed by atoms with Crippen LogP contribution in [0.3, 0.4) is 0 Å². The lowest BCUT2D eigenvalue weighted by Gasteiger charge is -2.36. The molecule has 3 aliphatic rings. The topological polar surface area (TPSA) is 120 Å². The Bertz CT molecular complexity index is 985. The van der Waals surface area contributed by atoms with Crippen LogP contribution in [-0.4, -0.2) is 44.1 Å². The van der Waals surface area contributed by atoms with Crippen molar-refractivity contribution in [3.63, 3.8) is 0 Å². The standard InChI is InChI=1S/C25H30N2O7/c1-3-33-24(30)20-19(26-25(31)27-21(20)14-7-9-18(32-2)10-8-14)13-34-23(29)17-11-15-5-4-6-16(12-17)22(15)28/h7-10,15-17,21H,3-6,11-13H2,1-2H3,(H2,26,27,31). The molecule has 2 aliphatic carbocycles. The molecule has 0 radical (unpaired) electrons. The van der Waals surface area contributed by atoms with Crippen LogP contribution >= 0.6 is 0 Å². The Labute approximate surface area is 198 Å². The van der Waals surface area contributed by atoms with E-state index in [2.05, 4.69) is 10.6 Å². The van der Waals surface area contributed by atoms with Crippen molar-refractivity contribution in [1.29, 1.82) is 0 Å². The molecular formula is C25H30N2O7. The first-order valence-electron chi connectivity index (χ1n) is 11.7. The van der Waals surface area contributed by atoms with Gasteiger partial charge in [-0.2, -0.15) is 0 Å². The van der Waals surface area contributed by atoms with E-state index < -0.39 is 24.0 Å². The number of hydrogen-bond donors (Lipinski definition) is 2. The van der Waals surface area contributed by atoms with E-state index in [-0.39, 0.29) is 48.0 Å². The van der Waals surface area contributed by atoms with Gasteiger partial charge in [-0.1, -0.05) is 18.6 Å². The van der Waals surface area contributed by atoms with Crippen molar-refractivity contribution >= 4 is 23.8 Å². The number of methoxy groups -OCH3 is 1. The summed E-state index contributed by atoms with van der Waals surface area (Å²) in [5, 5.41) is 5.35. The second-order valence-electron chi connectivity index (χ2n) is 8.92. The zero-order valence-corrected chi connectivity index (χ0v) is 19.4. The summed E-state index contributed by atoms with van der Waals surface area (Å²) in [6.45, 7) is 1.57. The van der Waals surface area contributed by atoms with Gasteiger partial charge in [0.15, 0.2) is 0 Å². The van der Waals surface area contributed by atoms with Crippen LogP contribution in [0.2, 0.25) is 0 Å². The second kappa shape index (κ2) is 10.3. The number of ketones is 1. The summed E-state index contributed by atoms with van der Waals surface area (Å²) in [6, 6.07) is 5.66. The number of amides is 2. The minimum absolute atomic E-state index is 0.0719. The molecule has 1 aliphatic heterocycles. The van der Waals surface area contributed by atoms with Gasteiger partial charge in [0.25, 0.3) is 0 Å². The summed E-state index contributed by atoms with van der Waals surface area (Å²) in [7, 11) is 1.55. The number of Topliss-reactive ketones (excluding diaryl/α,β-unsaturated/α-hetero) is 1. The average Bonchev–Trinajstić information content (AvgIpc) is 2.82. The molecule has 1 aromatic carbocycles. The molecule has 9 heteroatoms. The Hall–Kier alpha value is -3.36. The lowest BCUT2D eigenvalue weighted by Crippen LogP contribution is -2.47. The molecule has 4 rings (SSSR count). The third-order valence-corrected chi connectivity index (χ3v) is 6.84. The fourth-order valence-corrected chi connectivity index (χ4v) is 5.16. The number of ether oxygens (including phenoxy) is 3. The number of hydrogen-bond acceptors (Lipinski definition) is 7. The largest absolute Gasteiger partial charge is 0.497 e. The Kier molecular flexibility index (Phi) is 7.19. The molecule has 2 saturated carbocycles. The van der Waals surface area contributed by atoms with Crippen molar-refractivity contribution in [2.45, 2.75) is 45.1 Å². The number of rotatable bonds is 7. The van der Waals surface area contributed by atoms with Crippen LogP contribution in [0.15, 0.2) is 35.5 Å². The summed E-state index contributed by atoms with van der Waals surface area (Å²) >= 11 is 0. The molecule has 3 unspecified atom stereocenters. The molecule has 3 atom stereocenters. The zero-order valence-electron chi connectivity index (χ0n) is 19.4. The molecule has 1 aromatic rings. The van der Waals surface area contributed by atoms with Crippen LogP contribution in [0.5, 0.6) is 5.75 Å². The highest BCUT2D eigenvalue weighted by atomic mass is 16.5. The highest BCUT2D eigenvalue weighted by Crippen LogP contribution is 2.40. The van der Waals surface area contributed by atoms with Crippen molar-refractivity contribution in [3.8, 4) is 5.75 Å². The third kappa shape index (κ3) is 4.93. The highest BCUT2D eigenvalue weighted by Gasteiger charge is 2.42. The smallest absolute Gasteiger partial charge is 0.338 e. The predicted octanol–water partition coefficient (Wildman–Crippen LogP) is 2.80. The number of benzene rings is 1. The van der Waals surface area contributed by atoms with E-state index in [9.17, 15) is 19.2 Å². The van der Waals surface area contributed by atoms with Gasteiger partial charge in [0.05, 0.1) is 36.9 Å². The quantitative estimate of drug-likeness (QED) is 0.588. The van der Waals surface area contributed by atoms with Crippen LogP contribution in [0.25, 0.3) is 0 Å². The average molecular weight is 471 g/mol. The molecule has 0 aromatic heterocycles. The van der Waals surface area contributed by atoms with Crippen molar-refractivity contribution in [3.05, 3.63) is 41.1 Å². The lowest BCUT2D eigenvalue weighted by atomic mass is 9.67. The van der Waals surface area contributed by atoms with Gasteiger partial charge in [-0.05, 0) is 50.3 Å². The van der Waals surface area contributed by atoms with Crippen LogP contribution in [0.1, 0.15) is 50.6 Å². The zero-order chi connectivity index (χ0) is 24.2. The van der Waals surface area contributed by atoms with Crippen LogP contribution < -0.4 is 15.4 Å². The predicted molar refractivity (Wildman–Crippen MR) is 121 cm³/mol. The minimum Gasteiger partial charge on any atom is -0.497 e. The van der Waals surface area contributed by atoms with Gasteiger partial charge in [-0.25, -0.2) is 9.59 Å². The first-order chi connectivity index (χ1) is 16.4. The molecule has 2 N–H and O–H groups in total. The van der Waals surface area contributed by atoms with E-state index in [0.717, 1.165) is 19.3 Å². The second-order valence-corrected chi connectivity index (χ2v) is 8.92. The molecule has 0 spiro atoms. The monoisotopic (exact) mass is 470 g/mol. The maximum Gasteiger partial charge on any atom is 0.338 e. The lowest BCUT2D eigenvalue weighted by molar-refractivity contribution is -0.153. The van der Waals surface area contributed by atoms with E-state index in [4.69, 9.17) is 14.2 Å². The van der Waals surface area contributed by atoms with Gasteiger partial charge < -0.3 is 24.8 Å². The molecule has 34 heavy (non-hydrogen) atoms. The molecule has 2 amide bonds. The summed E-state index contributed by atoms with van der Waals surface area (Å²) in [5.41, 5.74) is 1.01. The Balaban J connectivity index is 1.54. The molecule has 182 valence electrons. The Morgan fingerprint density at radius 3 is 2.32 bits per heavy atom. The van der Waals surface area contributed by atoms with E-state index in [0.29, 0.717) is 24.2 Å². The number of nitrogens with one attached hydrogen (secondary N) is 2. The van der Waals surface area contributed by atoms with E-state index in [1.807, 2.05) is 0 Å². The van der Waals surface area contributed by atoms with E-state index in [1.165, 1.54) is 0 Å². The van der Waals surface area contributed by atoms with Crippen molar-refractivity contribution in [1.82, 2.24) is 10.6 Å². The van der Waals surface area contributed by atoms with Crippen molar-refractivity contribution < 1.29 is 33.4 Å². The van der Waals surface area contributed by atoms with Gasteiger partial charge in [-0.3, -0.25) is 9.59 Å². The normalized spacial score (nSPS) is 26.3. The summed E-state index contributed by atoms with van der Waals surface area (Å²) in [4.78, 5) is 50.5. The fourth-order valence-electron chi connectivity index (χ4n) is 5.16. The first-order valence-corrected chi connectivity index (χ1v) is 11.7. The number of carbonyl (C=O) groups excluding carboxylic acids is 4. The third-order valence-electron chi connectivity index (χ3n) is 6.84. The van der Waals surface area contributed by atoms with Crippen molar-refractivity contribution in [2.24, 2.45) is 17.8 Å². The molecule has 2 fully saturated rings. The highest BCUT2D eigenvalue weighted by molar-refractivity contribution is 5.95. The summed E-state index contributed by atoms with van der Waals surface area (Å²) in [6.07, 6.45) is 3.66. The van der Waals surface area contributed by atoms with Crippen LogP contribution in [0.4, 0.5) is 4.79 Å². The van der Waals surface area contributed by atoms with Crippen molar-refractivity contribution in [2.75, 3.05) is 20.3 Å².